The number of rotatable bonds is 4. The number of carbonyl (C=O) groups is 2. The molecule has 2 saturated heterocycles. The Bertz CT molecular complexity index is 757. The third kappa shape index (κ3) is 3.57. The number of hydrogen-bond acceptors (Lipinski definition) is 5. The Labute approximate surface area is 166 Å². The van der Waals surface area contributed by atoms with E-state index >= 15 is 0 Å². The number of aliphatic imine (C=N–C) groups is 1. The molecular weight excluding hydrogens is 354 g/mol. The Morgan fingerprint density at radius 1 is 1.14 bits per heavy atom. The molecule has 1 N–H and O–H groups in total. The van der Waals surface area contributed by atoms with Crippen LogP contribution in [0.25, 0.3) is 0 Å². The van der Waals surface area contributed by atoms with Gasteiger partial charge in [0.25, 0.3) is 5.91 Å². The zero-order valence-corrected chi connectivity index (χ0v) is 16.7. The van der Waals surface area contributed by atoms with Gasteiger partial charge in [0.1, 0.15) is 0 Å². The second-order valence-electron chi connectivity index (χ2n) is 8.14. The van der Waals surface area contributed by atoms with Crippen molar-refractivity contribution in [2.24, 2.45) is 10.9 Å². The molecule has 3 heterocycles. The summed E-state index contributed by atoms with van der Waals surface area (Å²) in [5.41, 5.74) is 1.30. The number of hydrogen-bond donors (Lipinski definition) is 1. The maximum atomic E-state index is 12.7. The first-order valence-electron chi connectivity index (χ1n) is 10.3. The van der Waals surface area contributed by atoms with Crippen LogP contribution in [0.2, 0.25) is 0 Å². The number of piperidine rings is 1. The SMILES string of the molecule is CC1CCN(C2=NC3C(C(=O)NC(=O)N3C)N2CCCc2ccccc2)CC1. The summed E-state index contributed by atoms with van der Waals surface area (Å²) in [5, 5.41) is 2.48. The molecule has 2 atom stereocenters. The van der Waals surface area contributed by atoms with E-state index < -0.39 is 12.2 Å². The minimum Gasteiger partial charge on any atom is -0.343 e. The number of likely N-dealkylation sites (N-methyl/N-ethyl adjacent to an activating group) is 1. The van der Waals surface area contributed by atoms with Crippen molar-refractivity contribution < 1.29 is 9.59 Å². The van der Waals surface area contributed by atoms with Crippen molar-refractivity contribution >= 4 is 17.9 Å². The van der Waals surface area contributed by atoms with Crippen molar-refractivity contribution in [1.29, 1.82) is 0 Å². The Morgan fingerprint density at radius 3 is 2.57 bits per heavy atom. The van der Waals surface area contributed by atoms with Crippen LogP contribution in [0.5, 0.6) is 0 Å². The van der Waals surface area contributed by atoms with Crippen LogP contribution in [0.1, 0.15) is 31.7 Å². The van der Waals surface area contributed by atoms with Crippen LogP contribution in [0.4, 0.5) is 4.79 Å². The van der Waals surface area contributed by atoms with Crippen molar-refractivity contribution in [1.82, 2.24) is 20.0 Å². The minimum absolute atomic E-state index is 0.239. The molecule has 3 aliphatic rings. The summed E-state index contributed by atoms with van der Waals surface area (Å²) in [6.07, 6.45) is 3.71. The Morgan fingerprint density at radius 2 is 1.86 bits per heavy atom. The summed E-state index contributed by atoms with van der Waals surface area (Å²) < 4.78 is 0. The van der Waals surface area contributed by atoms with E-state index in [1.165, 1.54) is 5.56 Å². The van der Waals surface area contributed by atoms with Crippen LogP contribution in [-0.2, 0) is 11.2 Å². The van der Waals surface area contributed by atoms with Crippen LogP contribution in [0.3, 0.4) is 0 Å². The van der Waals surface area contributed by atoms with Crippen LogP contribution in [0.15, 0.2) is 35.3 Å². The van der Waals surface area contributed by atoms with E-state index in [-0.39, 0.29) is 11.9 Å². The quantitative estimate of drug-likeness (QED) is 0.862. The molecule has 0 saturated carbocycles. The van der Waals surface area contributed by atoms with Gasteiger partial charge in [-0.25, -0.2) is 9.79 Å². The average Bonchev–Trinajstić information content (AvgIpc) is 3.08. The molecule has 0 radical (unpaired) electrons. The minimum atomic E-state index is -0.438. The molecule has 0 aliphatic carbocycles. The van der Waals surface area contributed by atoms with Crippen LogP contribution in [-0.4, -0.2) is 71.5 Å². The highest BCUT2D eigenvalue weighted by Crippen LogP contribution is 2.28. The largest absolute Gasteiger partial charge is 0.343 e. The van der Waals surface area contributed by atoms with E-state index in [0.717, 1.165) is 57.2 Å². The number of nitrogens with zero attached hydrogens (tertiary/aromatic N) is 4. The molecule has 2 unspecified atom stereocenters. The predicted octanol–water partition coefficient (Wildman–Crippen LogP) is 1.90. The molecule has 150 valence electrons. The van der Waals surface area contributed by atoms with Gasteiger partial charge in [-0.3, -0.25) is 10.1 Å². The second kappa shape index (κ2) is 7.81. The Kier molecular flexibility index (Phi) is 5.24. The number of amides is 3. The number of imide groups is 1. The van der Waals surface area contributed by atoms with Crippen molar-refractivity contribution in [2.45, 2.75) is 44.8 Å². The number of urea groups is 1. The molecule has 7 heteroatoms. The molecule has 1 aromatic rings. The molecule has 0 aromatic heterocycles. The molecule has 4 rings (SSSR count). The normalized spacial score (nSPS) is 25.6. The van der Waals surface area contributed by atoms with Gasteiger partial charge in [-0.05, 0) is 37.2 Å². The molecule has 1 aromatic carbocycles. The molecule has 2 fully saturated rings. The fourth-order valence-electron chi connectivity index (χ4n) is 4.32. The fourth-order valence-corrected chi connectivity index (χ4v) is 4.32. The molecule has 0 bridgehead atoms. The first-order chi connectivity index (χ1) is 13.5. The predicted molar refractivity (Wildman–Crippen MR) is 108 cm³/mol. The number of nitrogens with one attached hydrogen (secondary N) is 1. The van der Waals surface area contributed by atoms with Gasteiger partial charge in [0.15, 0.2) is 18.2 Å². The van der Waals surface area contributed by atoms with Crippen LogP contribution in [0, 0.1) is 5.92 Å². The van der Waals surface area contributed by atoms with Crippen LogP contribution >= 0.6 is 0 Å². The number of benzene rings is 1. The van der Waals surface area contributed by atoms with Gasteiger partial charge in [-0.15, -0.1) is 0 Å². The number of likely N-dealkylation sites (tertiary alicyclic amines) is 1. The van der Waals surface area contributed by atoms with Gasteiger partial charge >= 0.3 is 6.03 Å². The van der Waals surface area contributed by atoms with Gasteiger partial charge in [-0.1, -0.05) is 37.3 Å². The van der Waals surface area contributed by atoms with Crippen molar-refractivity contribution in [2.75, 3.05) is 26.7 Å². The van der Waals surface area contributed by atoms with Gasteiger partial charge in [0.05, 0.1) is 0 Å². The number of aryl methyl sites for hydroxylation is 1. The van der Waals surface area contributed by atoms with Crippen molar-refractivity contribution in [3.8, 4) is 0 Å². The summed E-state index contributed by atoms with van der Waals surface area (Å²) in [7, 11) is 1.71. The molecule has 0 spiro atoms. The lowest BCUT2D eigenvalue weighted by Crippen LogP contribution is -2.64. The summed E-state index contributed by atoms with van der Waals surface area (Å²) in [5.74, 6) is 1.36. The number of fused-ring (bicyclic) bond motifs is 1. The molecule has 3 aliphatic heterocycles. The smallest absolute Gasteiger partial charge is 0.325 e. The van der Waals surface area contributed by atoms with E-state index in [1.807, 2.05) is 6.07 Å². The van der Waals surface area contributed by atoms with Gasteiger partial charge in [-0.2, -0.15) is 0 Å². The summed E-state index contributed by atoms with van der Waals surface area (Å²) in [6.45, 7) is 4.93. The Balaban J connectivity index is 1.52. The monoisotopic (exact) mass is 383 g/mol. The number of guanidine groups is 1. The van der Waals surface area contributed by atoms with Crippen molar-refractivity contribution in [3.05, 3.63) is 35.9 Å². The Hall–Kier alpha value is -2.57. The molecule has 28 heavy (non-hydrogen) atoms. The topological polar surface area (TPSA) is 68.2 Å². The lowest BCUT2D eigenvalue weighted by atomic mass is 9.99. The molecular formula is C21H29N5O2. The highest BCUT2D eigenvalue weighted by Gasteiger charge is 2.49. The lowest BCUT2D eigenvalue weighted by Gasteiger charge is -2.39. The van der Waals surface area contributed by atoms with E-state index in [1.54, 1.807) is 11.9 Å². The van der Waals surface area contributed by atoms with E-state index in [4.69, 9.17) is 4.99 Å². The zero-order valence-electron chi connectivity index (χ0n) is 16.7. The van der Waals surface area contributed by atoms with Crippen molar-refractivity contribution in [3.63, 3.8) is 0 Å². The maximum Gasteiger partial charge on any atom is 0.325 e. The summed E-state index contributed by atoms with van der Waals surface area (Å²) in [4.78, 5) is 35.6. The summed E-state index contributed by atoms with van der Waals surface area (Å²) in [6, 6.07) is 9.59. The second-order valence-corrected chi connectivity index (χ2v) is 8.14. The van der Waals surface area contributed by atoms with Gasteiger partial charge < -0.3 is 14.7 Å². The average molecular weight is 383 g/mol. The molecule has 3 amide bonds. The first-order valence-corrected chi connectivity index (χ1v) is 10.3. The highest BCUT2D eigenvalue weighted by molar-refractivity contribution is 6.03. The standard InChI is InChI=1S/C21H29N5O2/c1-15-10-13-25(14-11-15)20-22-18-17(19(27)23-21(28)24(18)2)26(20)12-6-9-16-7-4-3-5-8-16/h3-5,7-8,15,17-18H,6,9-14H2,1-2H3,(H,23,27,28). The maximum absolute atomic E-state index is 12.7. The van der Waals surface area contributed by atoms with Gasteiger partial charge in [0, 0.05) is 26.7 Å². The zero-order chi connectivity index (χ0) is 19.7. The first kappa shape index (κ1) is 18.8. The van der Waals surface area contributed by atoms with Crippen LogP contribution < -0.4 is 5.32 Å². The molecule has 7 nitrogen and oxygen atoms in total. The van der Waals surface area contributed by atoms with Gasteiger partial charge in [0.2, 0.25) is 0 Å². The third-order valence-corrected chi connectivity index (χ3v) is 6.11. The van der Waals surface area contributed by atoms with E-state index in [9.17, 15) is 9.59 Å². The third-order valence-electron chi connectivity index (χ3n) is 6.11. The van der Waals surface area contributed by atoms with E-state index in [2.05, 4.69) is 46.3 Å². The summed E-state index contributed by atoms with van der Waals surface area (Å²) >= 11 is 0. The highest BCUT2D eigenvalue weighted by atomic mass is 16.2. The fraction of sp³-hybridized carbons (Fsp3) is 0.571. The number of carbonyl (C=O) groups excluding carboxylic acids is 2. The lowest BCUT2D eigenvalue weighted by molar-refractivity contribution is -0.127. The van der Waals surface area contributed by atoms with E-state index in [0.29, 0.717) is 0 Å².